The van der Waals surface area contributed by atoms with E-state index in [9.17, 15) is 39.5 Å². The van der Waals surface area contributed by atoms with Crippen LogP contribution in [0.2, 0.25) is 0 Å². The van der Waals surface area contributed by atoms with Gasteiger partial charge in [-0.05, 0) is 6.08 Å². The van der Waals surface area contributed by atoms with Crippen molar-refractivity contribution in [1.29, 1.82) is 0 Å². The van der Waals surface area contributed by atoms with Crippen molar-refractivity contribution >= 4 is 0 Å². The Bertz CT molecular complexity index is 242. The first kappa shape index (κ1) is 14.1. The molecular formula is C6H3F9. The summed E-state index contributed by atoms with van der Waals surface area (Å²) in [5, 5.41) is 0. The molecule has 0 aromatic heterocycles. The molecule has 0 aromatic rings. The zero-order valence-electron chi connectivity index (χ0n) is 6.69. The van der Waals surface area contributed by atoms with Crippen LogP contribution in [0.3, 0.4) is 0 Å². The Morgan fingerprint density at radius 3 is 1.53 bits per heavy atom. The summed E-state index contributed by atoms with van der Waals surface area (Å²) < 4.78 is 104. The van der Waals surface area contributed by atoms with Gasteiger partial charge >= 0.3 is 18.3 Å². The van der Waals surface area contributed by atoms with Crippen molar-refractivity contribution in [3.8, 4) is 0 Å². The topological polar surface area (TPSA) is 0 Å². The molecule has 0 fully saturated rings. The van der Waals surface area contributed by atoms with Crippen LogP contribution in [0.5, 0.6) is 0 Å². The molecule has 9 heteroatoms. The molecule has 0 N–H and O–H groups in total. The van der Waals surface area contributed by atoms with Crippen molar-refractivity contribution in [1.82, 2.24) is 0 Å². The van der Waals surface area contributed by atoms with E-state index in [-0.39, 0.29) is 0 Å². The van der Waals surface area contributed by atoms with Gasteiger partial charge in [0.1, 0.15) is 0 Å². The lowest BCUT2D eigenvalue weighted by atomic mass is 10.2. The van der Waals surface area contributed by atoms with Crippen LogP contribution in [-0.2, 0) is 0 Å². The smallest absolute Gasteiger partial charge is 0.202 e. The normalized spacial score (nSPS) is 15.7. The minimum Gasteiger partial charge on any atom is -0.202 e. The quantitative estimate of drug-likeness (QED) is 0.646. The third kappa shape index (κ3) is 4.00. The molecule has 0 aliphatic heterocycles. The van der Waals surface area contributed by atoms with E-state index in [2.05, 4.69) is 0 Å². The Morgan fingerprint density at radius 1 is 0.867 bits per heavy atom. The summed E-state index contributed by atoms with van der Waals surface area (Å²) in [6, 6.07) is 0. The van der Waals surface area contributed by atoms with Crippen LogP contribution in [-0.4, -0.2) is 18.3 Å². The van der Waals surface area contributed by atoms with Crippen LogP contribution in [0.15, 0.2) is 11.9 Å². The van der Waals surface area contributed by atoms with Gasteiger partial charge in [0.15, 0.2) is 5.83 Å². The summed E-state index contributed by atoms with van der Waals surface area (Å²) in [5.41, 5.74) is 0. The zero-order valence-corrected chi connectivity index (χ0v) is 6.69. The Hall–Kier alpha value is -0.890. The van der Waals surface area contributed by atoms with Gasteiger partial charge in [0.2, 0.25) is 0 Å². The van der Waals surface area contributed by atoms with E-state index < -0.39 is 36.6 Å². The molecule has 0 nitrogen and oxygen atoms in total. The average molecular weight is 246 g/mol. The summed E-state index contributed by atoms with van der Waals surface area (Å²) in [5.74, 6) is -8.36. The summed E-state index contributed by atoms with van der Waals surface area (Å²) in [7, 11) is 0. The van der Waals surface area contributed by atoms with E-state index in [1.54, 1.807) is 0 Å². The first-order valence-electron chi connectivity index (χ1n) is 3.25. The Kier molecular flexibility index (Phi) is 3.70. The van der Waals surface area contributed by atoms with Crippen LogP contribution >= 0.6 is 0 Å². The van der Waals surface area contributed by atoms with Crippen LogP contribution < -0.4 is 0 Å². The number of halogens is 9. The molecule has 0 radical (unpaired) electrons. The molecule has 0 atom stereocenters. The van der Waals surface area contributed by atoms with Crippen LogP contribution in [0.1, 0.15) is 6.42 Å². The van der Waals surface area contributed by atoms with E-state index in [0.717, 1.165) is 0 Å². The van der Waals surface area contributed by atoms with E-state index in [4.69, 9.17) is 0 Å². The van der Waals surface area contributed by atoms with Gasteiger partial charge < -0.3 is 0 Å². The van der Waals surface area contributed by atoms with E-state index >= 15 is 0 Å². The van der Waals surface area contributed by atoms with Crippen molar-refractivity contribution in [3.63, 3.8) is 0 Å². The van der Waals surface area contributed by atoms with Crippen LogP contribution in [0.25, 0.3) is 0 Å². The molecule has 0 heterocycles. The van der Waals surface area contributed by atoms with E-state index in [1.807, 2.05) is 0 Å². The first-order chi connectivity index (χ1) is 6.38. The third-order valence-corrected chi connectivity index (χ3v) is 1.22. The van der Waals surface area contributed by atoms with Crippen molar-refractivity contribution < 1.29 is 39.5 Å². The fraction of sp³-hybridized carbons (Fsp3) is 0.667. The van der Waals surface area contributed by atoms with Crippen molar-refractivity contribution in [2.45, 2.75) is 24.7 Å². The second-order valence-electron chi connectivity index (χ2n) is 2.46. The average Bonchev–Trinajstić information content (AvgIpc) is 1.96. The second kappa shape index (κ2) is 3.93. The maximum absolute atomic E-state index is 12.0. The predicted octanol–water partition coefficient (Wildman–Crippen LogP) is 3.99. The monoisotopic (exact) mass is 246 g/mol. The molecule has 90 valence electrons. The number of hydrogen-bond acceptors (Lipinski definition) is 0. The fourth-order valence-corrected chi connectivity index (χ4v) is 0.449. The maximum atomic E-state index is 12.0. The van der Waals surface area contributed by atoms with Crippen molar-refractivity contribution in [2.24, 2.45) is 0 Å². The van der Waals surface area contributed by atoms with Crippen LogP contribution in [0, 0.1) is 0 Å². The largest absolute Gasteiger partial charge is 0.453 e. The third-order valence-electron chi connectivity index (χ3n) is 1.22. The van der Waals surface area contributed by atoms with Gasteiger partial charge in [-0.25, -0.2) is 4.39 Å². The lowest BCUT2D eigenvalue weighted by molar-refractivity contribution is -0.280. The lowest BCUT2D eigenvalue weighted by Gasteiger charge is -2.17. The van der Waals surface area contributed by atoms with Crippen molar-refractivity contribution in [2.75, 3.05) is 0 Å². The molecule has 0 rings (SSSR count). The highest BCUT2D eigenvalue weighted by molar-refractivity contribution is 5.01. The molecule has 15 heavy (non-hydrogen) atoms. The van der Waals surface area contributed by atoms with Crippen molar-refractivity contribution in [3.05, 3.63) is 11.9 Å². The molecular weight excluding hydrogens is 243 g/mol. The number of rotatable bonds is 2. The van der Waals surface area contributed by atoms with Gasteiger partial charge in [-0.1, -0.05) is 0 Å². The number of allylic oxidation sites excluding steroid dienone is 2. The Morgan fingerprint density at radius 2 is 1.27 bits per heavy atom. The molecule has 0 aliphatic rings. The Labute approximate surface area is 77.4 Å². The second-order valence-corrected chi connectivity index (χ2v) is 2.46. The zero-order chi connectivity index (χ0) is 12.5. The first-order valence-corrected chi connectivity index (χ1v) is 3.25. The minimum atomic E-state index is -6.00. The highest BCUT2D eigenvalue weighted by Crippen LogP contribution is 2.39. The molecule has 0 saturated carbocycles. The summed E-state index contributed by atoms with van der Waals surface area (Å²) in [4.78, 5) is 0. The summed E-state index contributed by atoms with van der Waals surface area (Å²) >= 11 is 0. The number of hydrogen-bond donors (Lipinski definition) is 0. The minimum absolute atomic E-state index is 0.840. The van der Waals surface area contributed by atoms with Gasteiger partial charge in [0.05, 0.1) is 0 Å². The molecule has 0 bridgehead atoms. The van der Waals surface area contributed by atoms with Gasteiger partial charge in [0.25, 0.3) is 0 Å². The van der Waals surface area contributed by atoms with Gasteiger partial charge in [-0.15, -0.1) is 0 Å². The van der Waals surface area contributed by atoms with Crippen LogP contribution in [0.4, 0.5) is 39.5 Å². The van der Waals surface area contributed by atoms with E-state index in [1.165, 1.54) is 0 Å². The van der Waals surface area contributed by atoms with Gasteiger partial charge in [0, 0.05) is 6.42 Å². The standard InChI is InChI=1S/C6H3F9/c7-3(5(10,11)12)1-2-4(8,9)6(13,14)15/h1H,2H2/b3-1-. The molecule has 0 saturated heterocycles. The summed E-state index contributed by atoms with van der Waals surface area (Å²) in [6.45, 7) is 0. The number of alkyl halides is 8. The Balaban J connectivity index is 4.65. The molecule has 0 aliphatic carbocycles. The molecule has 0 spiro atoms. The fourth-order valence-electron chi connectivity index (χ4n) is 0.449. The summed E-state index contributed by atoms with van der Waals surface area (Å²) in [6.07, 6.45) is -14.8. The lowest BCUT2D eigenvalue weighted by Crippen LogP contribution is -2.35. The predicted molar refractivity (Wildman–Crippen MR) is 30.9 cm³/mol. The van der Waals surface area contributed by atoms with Gasteiger partial charge in [-0.2, -0.15) is 35.1 Å². The SMILES string of the molecule is F/C(=C\CC(F)(F)C(F)(F)F)C(F)(F)F. The molecule has 0 unspecified atom stereocenters. The van der Waals surface area contributed by atoms with Gasteiger partial charge in [-0.3, -0.25) is 0 Å². The van der Waals surface area contributed by atoms with E-state index in [0.29, 0.717) is 0 Å². The highest BCUT2D eigenvalue weighted by Gasteiger charge is 2.56. The molecule has 0 aromatic carbocycles. The molecule has 0 amide bonds. The highest BCUT2D eigenvalue weighted by atomic mass is 19.4. The maximum Gasteiger partial charge on any atom is 0.453 e.